The van der Waals surface area contributed by atoms with Crippen molar-refractivity contribution in [1.29, 1.82) is 0 Å². The van der Waals surface area contributed by atoms with Crippen molar-refractivity contribution in [2.24, 2.45) is 11.6 Å². The summed E-state index contributed by atoms with van der Waals surface area (Å²) in [5, 5.41) is 4.55. The third-order valence-corrected chi connectivity index (χ3v) is 3.10. The van der Waals surface area contributed by atoms with Crippen molar-refractivity contribution in [3.05, 3.63) is 6.33 Å². The van der Waals surface area contributed by atoms with Crippen molar-refractivity contribution in [3.63, 3.8) is 0 Å². The highest BCUT2D eigenvalue weighted by atomic mass is 32.1. The number of anilines is 1. The van der Waals surface area contributed by atoms with Gasteiger partial charge in [-0.3, -0.25) is 10.3 Å². The summed E-state index contributed by atoms with van der Waals surface area (Å²) in [6.45, 7) is 2.43. The molecule has 1 atom stereocenters. The Bertz CT molecular complexity index is 404. The predicted octanol–water partition coefficient (Wildman–Crippen LogP) is -2.09. The van der Waals surface area contributed by atoms with Gasteiger partial charge in [0.15, 0.2) is 0 Å². The van der Waals surface area contributed by atoms with Gasteiger partial charge < -0.3 is 10.6 Å². The smallest absolute Gasteiger partial charge is 0.245 e. The summed E-state index contributed by atoms with van der Waals surface area (Å²) >= 11 is 4.95. The van der Waals surface area contributed by atoms with Gasteiger partial charge in [-0.2, -0.15) is 9.67 Å². The molecule has 0 amide bonds. The number of thiocarbonyl (C=S) groups is 1. The van der Waals surface area contributed by atoms with Gasteiger partial charge in [-0.25, -0.2) is 5.84 Å². The van der Waals surface area contributed by atoms with Crippen molar-refractivity contribution in [1.82, 2.24) is 25.1 Å². The highest BCUT2D eigenvalue weighted by molar-refractivity contribution is 7.80. The molecule has 1 aromatic rings. The van der Waals surface area contributed by atoms with Gasteiger partial charge in [0.1, 0.15) is 6.33 Å². The van der Waals surface area contributed by atoms with E-state index in [1.54, 1.807) is 0 Å². The first-order valence-corrected chi connectivity index (χ1v) is 5.66. The summed E-state index contributed by atoms with van der Waals surface area (Å²) in [4.78, 5) is 8.31. The molecule has 2 rings (SSSR count). The number of piperazine rings is 1. The molecular formula is C8H16N8S. The van der Waals surface area contributed by atoms with Crippen LogP contribution < -0.4 is 21.9 Å². The van der Waals surface area contributed by atoms with Gasteiger partial charge in [0.25, 0.3) is 0 Å². The summed E-state index contributed by atoms with van der Waals surface area (Å²) < 4.78 is 1.43. The molecule has 0 saturated carbocycles. The fraction of sp³-hybridized carbons (Fsp3) is 0.625. The predicted molar refractivity (Wildman–Crippen MR) is 68.2 cm³/mol. The summed E-state index contributed by atoms with van der Waals surface area (Å²) in [5.74, 6) is 5.83. The maximum atomic E-state index is 5.96. The average Bonchev–Trinajstić information content (AvgIpc) is 2.81. The average molecular weight is 256 g/mol. The second-order valence-electron chi connectivity index (χ2n) is 3.93. The van der Waals surface area contributed by atoms with Crippen LogP contribution in [0.3, 0.4) is 0 Å². The molecule has 9 heteroatoms. The Morgan fingerprint density at radius 3 is 3.00 bits per heavy atom. The Morgan fingerprint density at radius 1 is 1.59 bits per heavy atom. The van der Waals surface area contributed by atoms with E-state index < -0.39 is 0 Å². The molecule has 1 aliphatic rings. The molecule has 2 heterocycles. The first-order chi connectivity index (χ1) is 8.11. The zero-order valence-corrected chi connectivity index (χ0v) is 10.4. The molecule has 0 aliphatic carbocycles. The van der Waals surface area contributed by atoms with E-state index in [2.05, 4.69) is 20.4 Å². The van der Waals surface area contributed by atoms with Crippen LogP contribution in [0.1, 0.15) is 0 Å². The Kier molecular flexibility index (Phi) is 3.52. The van der Waals surface area contributed by atoms with Gasteiger partial charge in [0.05, 0.1) is 6.17 Å². The van der Waals surface area contributed by atoms with Crippen molar-refractivity contribution in [3.8, 4) is 0 Å². The molecule has 8 nitrogen and oxygen atoms in total. The third kappa shape index (κ3) is 2.52. The fourth-order valence-electron chi connectivity index (χ4n) is 1.65. The third-order valence-electron chi connectivity index (χ3n) is 2.79. The first-order valence-electron chi connectivity index (χ1n) is 5.25. The molecule has 0 aromatic carbocycles. The molecular weight excluding hydrogens is 240 g/mol. The monoisotopic (exact) mass is 256 g/mol. The number of hydrogen-bond donors (Lipinski definition) is 3. The van der Waals surface area contributed by atoms with Crippen LogP contribution >= 0.6 is 12.2 Å². The van der Waals surface area contributed by atoms with Crippen molar-refractivity contribution in [2.45, 2.75) is 6.17 Å². The lowest BCUT2D eigenvalue weighted by Gasteiger charge is -2.36. The largest absolute Gasteiger partial charge is 0.335 e. The SMILES string of the molecule is CN1CCN(c2ncn(C(=S)NN)n2)CC1N. The Labute approximate surface area is 105 Å². The van der Waals surface area contributed by atoms with Crippen LogP contribution in [0.4, 0.5) is 5.95 Å². The number of rotatable bonds is 1. The molecule has 1 saturated heterocycles. The molecule has 1 fully saturated rings. The molecule has 0 bridgehead atoms. The lowest BCUT2D eigenvalue weighted by molar-refractivity contribution is 0.222. The molecule has 94 valence electrons. The zero-order chi connectivity index (χ0) is 12.4. The molecule has 1 aromatic heterocycles. The number of hydrazine groups is 1. The zero-order valence-electron chi connectivity index (χ0n) is 9.58. The van der Waals surface area contributed by atoms with Gasteiger partial charge in [-0.1, -0.05) is 0 Å². The number of nitrogens with zero attached hydrogens (tertiary/aromatic N) is 5. The number of nitrogens with one attached hydrogen (secondary N) is 1. The van der Waals surface area contributed by atoms with E-state index in [1.165, 1.54) is 11.0 Å². The van der Waals surface area contributed by atoms with Crippen molar-refractivity contribution < 1.29 is 0 Å². The molecule has 0 radical (unpaired) electrons. The number of aromatic nitrogens is 3. The van der Waals surface area contributed by atoms with Gasteiger partial charge in [0.2, 0.25) is 11.1 Å². The summed E-state index contributed by atoms with van der Waals surface area (Å²) in [5.41, 5.74) is 8.32. The quantitative estimate of drug-likeness (QED) is 0.299. The van der Waals surface area contributed by atoms with Crippen LogP contribution in [0.15, 0.2) is 6.33 Å². The summed E-state index contributed by atoms with van der Waals surface area (Å²) in [7, 11) is 2.00. The Morgan fingerprint density at radius 2 is 2.35 bits per heavy atom. The topological polar surface area (TPSA) is 101 Å². The second kappa shape index (κ2) is 4.92. The number of hydrogen-bond acceptors (Lipinski definition) is 7. The van der Waals surface area contributed by atoms with Crippen molar-refractivity contribution in [2.75, 3.05) is 31.6 Å². The van der Waals surface area contributed by atoms with Crippen LogP contribution in [0, 0.1) is 0 Å². The molecule has 1 aliphatic heterocycles. The maximum Gasteiger partial charge on any atom is 0.245 e. The minimum atomic E-state index is -0.00437. The van der Waals surface area contributed by atoms with E-state index in [1.807, 2.05) is 11.9 Å². The van der Waals surface area contributed by atoms with E-state index in [0.29, 0.717) is 17.6 Å². The molecule has 0 spiro atoms. The standard InChI is InChI=1S/C8H16N8S/c1-14-2-3-15(4-6(14)9)7-11-5-16(13-7)8(17)12-10/h5-6H,2-4,9-10H2,1H3,(H,12,17). The normalized spacial score (nSPS) is 21.6. The molecule has 1 unspecified atom stereocenters. The van der Waals surface area contributed by atoms with E-state index in [9.17, 15) is 0 Å². The fourth-order valence-corrected chi connectivity index (χ4v) is 1.73. The lowest BCUT2D eigenvalue weighted by Crippen LogP contribution is -2.56. The van der Waals surface area contributed by atoms with Crippen LogP contribution in [-0.4, -0.2) is 57.6 Å². The summed E-state index contributed by atoms with van der Waals surface area (Å²) in [6.07, 6.45) is 1.52. The maximum absolute atomic E-state index is 5.96. The van der Waals surface area contributed by atoms with Crippen LogP contribution in [0.5, 0.6) is 0 Å². The number of likely N-dealkylation sites (N-methyl/N-ethyl adjacent to an activating group) is 1. The molecule has 5 N–H and O–H groups in total. The van der Waals surface area contributed by atoms with Gasteiger partial charge in [-0.05, 0) is 19.3 Å². The lowest BCUT2D eigenvalue weighted by atomic mass is 10.3. The van der Waals surface area contributed by atoms with Crippen molar-refractivity contribution >= 4 is 23.3 Å². The van der Waals surface area contributed by atoms with E-state index in [4.69, 9.17) is 23.8 Å². The van der Waals surface area contributed by atoms with E-state index >= 15 is 0 Å². The van der Waals surface area contributed by atoms with E-state index in [0.717, 1.165) is 13.1 Å². The van der Waals surface area contributed by atoms with E-state index in [-0.39, 0.29) is 6.17 Å². The highest BCUT2D eigenvalue weighted by Gasteiger charge is 2.23. The summed E-state index contributed by atoms with van der Waals surface area (Å²) in [6, 6.07) is 0. The molecule has 17 heavy (non-hydrogen) atoms. The Hall–Kier alpha value is -1.29. The number of nitrogens with two attached hydrogens (primary N) is 2. The van der Waals surface area contributed by atoms with Gasteiger partial charge >= 0.3 is 0 Å². The van der Waals surface area contributed by atoms with Gasteiger partial charge in [0, 0.05) is 19.6 Å². The first kappa shape index (κ1) is 12.2. The highest BCUT2D eigenvalue weighted by Crippen LogP contribution is 2.11. The van der Waals surface area contributed by atoms with Crippen LogP contribution in [0.2, 0.25) is 0 Å². The minimum Gasteiger partial charge on any atom is -0.335 e. The Balaban J connectivity index is 2.08. The van der Waals surface area contributed by atoms with Crippen LogP contribution in [-0.2, 0) is 0 Å². The van der Waals surface area contributed by atoms with Crippen LogP contribution in [0.25, 0.3) is 0 Å². The second-order valence-corrected chi connectivity index (χ2v) is 4.32. The minimum absolute atomic E-state index is 0.00437. The van der Waals surface area contributed by atoms with Gasteiger partial charge in [-0.15, -0.1) is 5.10 Å².